The van der Waals surface area contributed by atoms with Crippen LogP contribution in [0.5, 0.6) is 0 Å². The minimum atomic E-state index is -3.09. The van der Waals surface area contributed by atoms with E-state index in [0.717, 1.165) is 0 Å². The van der Waals surface area contributed by atoms with Gasteiger partial charge in [-0.15, -0.1) is 0 Å². The Bertz CT molecular complexity index is 999. The zero-order valence-electron chi connectivity index (χ0n) is 23.8. The quantitative estimate of drug-likeness (QED) is 0.580. The van der Waals surface area contributed by atoms with Crippen molar-refractivity contribution < 1.29 is 18.3 Å². The molecule has 0 atom stereocenters. The number of hydrogen-bond acceptors (Lipinski definition) is 0. The third-order valence-corrected chi connectivity index (χ3v) is 5.87. The molecule has 0 amide bonds. The van der Waals surface area contributed by atoms with Gasteiger partial charge in [0.05, 0.1) is 8.07 Å². The molecule has 1 aromatic carbocycles. The third-order valence-electron chi connectivity index (χ3n) is 3.85. The molecule has 0 aliphatic rings. The van der Waals surface area contributed by atoms with E-state index in [4.69, 9.17) is 13.7 Å². The van der Waals surface area contributed by atoms with Crippen molar-refractivity contribution in [3.8, 4) is 11.3 Å². The Balaban J connectivity index is 2.95. The number of aryl methyl sites for hydroxylation is 3. The molecule has 22 heavy (non-hydrogen) atoms. The van der Waals surface area contributed by atoms with E-state index in [1.165, 1.54) is 12.1 Å². The summed E-state index contributed by atoms with van der Waals surface area (Å²) >= 11 is 0. The first-order valence-electron chi connectivity index (χ1n) is 12.3. The van der Waals surface area contributed by atoms with Crippen LogP contribution in [0.4, 0.5) is 0 Å². The summed E-state index contributed by atoms with van der Waals surface area (Å²) in [6.45, 7) is -0.784. The summed E-state index contributed by atoms with van der Waals surface area (Å²) in [6.07, 6.45) is 1.73. The fourth-order valence-corrected chi connectivity index (χ4v) is 4.26. The third kappa shape index (κ3) is 3.32. The zero-order valence-corrected chi connectivity index (χ0v) is 14.8. The molecule has 1 heterocycles. The van der Waals surface area contributed by atoms with E-state index in [9.17, 15) is 0 Å². The van der Waals surface area contributed by atoms with E-state index in [1.807, 2.05) is 19.6 Å². The minimum absolute atomic E-state index is 0.0240. The summed E-state index contributed by atoms with van der Waals surface area (Å²) in [7, 11) is -0.489. The Kier molecular flexibility index (Phi) is 2.16. The van der Waals surface area contributed by atoms with E-state index < -0.39 is 34.5 Å². The predicted octanol–water partition coefficient (Wildman–Crippen LogP) is 4.46. The largest absolute Gasteiger partial charge is 0.212 e. The second-order valence-corrected chi connectivity index (χ2v) is 11.8. The molecule has 0 fully saturated rings. The van der Waals surface area contributed by atoms with Crippen molar-refractivity contribution in [1.29, 1.82) is 0 Å². The number of nitrogens with zero attached hydrogens (tertiary/aromatic N) is 1. The minimum Gasteiger partial charge on any atom is -0.201 e. The van der Waals surface area contributed by atoms with Crippen LogP contribution in [-0.4, -0.2) is 8.07 Å². The van der Waals surface area contributed by atoms with E-state index in [2.05, 4.69) is 0 Å². The molecule has 0 aliphatic carbocycles. The molecule has 118 valence electrons. The molecule has 0 saturated heterocycles. The number of hydrogen-bond donors (Lipinski definition) is 0. The molecule has 0 saturated carbocycles. The lowest BCUT2D eigenvalue weighted by Gasteiger charge is -2.22. The number of aromatic nitrogens is 1. The second kappa shape index (κ2) is 6.00. The van der Waals surface area contributed by atoms with Crippen molar-refractivity contribution in [3.05, 3.63) is 47.2 Å². The summed E-state index contributed by atoms with van der Waals surface area (Å²) in [5, 5.41) is 0.586. The summed E-state index contributed by atoms with van der Waals surface area (Å²) in [6, 6.07) is 6.18. The second-order valence-electron chi connectivity index (χ2n) is 6.75. The van der Waals surface area contributed by atoms with E-state index in [1.54, 1.807) is 36.9 Å². The van der Waals surface area contributed by atoms with E-state index in [0.29, 0.717) is 22.0 Å². The van der Waals surface area contributed by atoms with Crippen LogP contribution in [0.15, 0.2) is 30.5 Å². The topological polar surface area (TPSA) is 3.88 Å². The summed E-state index contributed by atoms with van der Waals surface area (Å²) in [4.78, 5) is 0. The van der Waals surface area contributed by atoms with Gasteiger partial charge >= 0.3 is 0 Å². The van der Waals surface area contributed by atoms with Crippen LogP contribution < -0.4 is 9.75 Å². The lowest BCUT2D eigenvalue weighted by Crippen LogP contribution is -2.47. The Morgan fingerprint density at radius 3 is 2.45 bits per heavy atom. The lowest BCUT2D eigenvalue weighted by atomic mass is 9.98. The highest BCUT2D eigenvalue weighted by Crippen LogP contribution is 2.25. The fraction of sp³-hybridized carbons (Fsp3) is 0.450. The van der Waals surface area contributed by atoms with Gasteiger partial charge in [0.2, 0.25) is 5.69 Å². The average molecular weight is 323 g/mol. The molecule has 0 unspecified atom stereocenters. The molecule has 0 N–H and O–H groups in total. The first-order chi connectivity index (χ1) is 14.1. The van der Waals surface area contributed by atoms with Crippen LogP contribution >= 0.6 is 0 Å². The maximum absolute atomic E-state index is 8.80. The molecule has 2 aromatic rings. The van der Waals surface area contributed by atoms with Crippen molar-refractivity contribution in [2.24, 2.45) is 7.05 Å². The molecule has 0 bridgehead atoms. The molecule has 1 nitrogen and oxygen atoms in total. The Morgan fingerprint density at radius 1 is 1.18 bits per heavy atom. The zero-order chi connectivity index (χ0) is 25.1. The Morgan fingerprint density at radius 2 is 1.91 bits per heavy atom. The van der Waals surface area contributed by atoms with Crippen molar-refractivity contribution in [2.45, 2.75) is 53.0 Å². The summed E-state index contributed by atoms with van der Waals surface area (Å²) < 4.78 is 81.3. The molecular formula is C20H30NSi+. The highest BCUT2D eigenvalue weighted by Gasteiger charge is 2.27. The standard InChI is InChI=1S/C20H30NSi/c1-14(2)18-12-19(17-10-9-15(3)11-16(17)4)21(5)13-20(18)22(6,7)8/h9-14H,1-8H3/q+1/i1D3,2D3,3D3,14D. The smallest absolute Gasteiger partial charge is 0.201 e. The van der Waals surface area contributed by atoms with Gasteiger partial charge in [-0.25, -0.2) is 4.57 Å². The number of rotatable bonds is 3. The maximum Gasteiger partial charge on any atom is 0.212 e. The first-order valence-corrected chi connectivity index (χ1v) is 10.8. The van der Waals surface area contributed by atoms with Gasteiger partial charge in [-0.2, -0.15) is 0 Å². The van der Waals surface area contributed by atoms with Crippen molar-refractivity contribution in [1.82, 2.24) is 0 Å². The summed E-state index contributed by atoms with van der Waals surface area (Å²) in [5.74, 6) is -2.81. The number of benzene rings is 1. The van der Waals surface area contributed by atoms with Crippen LogP contribution in [0.25, 0.3) is 11.3 Å². The van der Waals surface area contributed by atoms with Gasteiger partial charge in [0.1, 0.15) is 7.05 Å². The molecule has 1 aromatic heterocycles. The SMILES string of the molecule is [2H]C([2H])([2H])c1ccc(-c2cc(C([2H])(C([2H])([2H])[2H])C([2H])([2H])[2H])c([Si](C)(C)C)c[n+]2C)c(C)c1. The molecule has 2 heteroatoms. The highest BCUT2D eigenvalue weighted by atomic mass is 28.3. The normalized spacial score (nSPS) is 21.0. The van der Waals surface area contributed by atoms with Gasteiger partial charge in [-0.1, -0.05) is 51.0 Å². The van der Waals surface area contributed by atoms with Gasteiger partial charge in [-0.3, -0.25) is 0 Å². The van der Waals surface area contributed by atoms with Crippen LogP contribution in [0.2, 0.25) is 19.6 Å². The van der Waals surface area contributed by atoms with Gasteiger partial charge < -0.3 is 0 Å². The van der Waals surface area contributed by atoms with E-state index >= 15 is 0 Å². The Labute approximate surface area is 151 Å². The maximum atomic E-state index is 8.80. The predicted molar refractivity (Wildman–Crippen MR) is 99.6 cm³/mol. The molecule has 0 radical (unpaired) electrons. The van der Waals surface area contributed by atoms with Crippen LogP contribution in [-0.2, 0) is 7.05 Å². The molecule has 2 rings (SSSR count). The highest BCUT2D eigenvalue weighted by molar-refractivity contribution is 6.89. The monoisotopic (exact) mass is 322 g/mol. The summed E-state index contributed by atoms with van der Waals surface area (Å²) in [5.41, 5.74) is 1.97. The van der Waals surface area contributed by atoms with Gasteiger partial charge in [0.25, 0.3) is 0 Å². The lowest BCUT2D eigenvalue weighted by molar-refractivity contribution is -0.659. The molecule has 0 spiro atoms. The van der Waals surface area contributed by atoms with Gasteiger partial charge in [0.15, 0.2) is 6.20 Å². The number of pyridine rings is 1. The van der Waals surface area contributed by atoms with Crippen molar-refractivity contribution in [2.75, 3.05) is 0 Å². The van der Waals surface area contributed by atoms with E-state index in [-0.39, 0.29) is 11.1 Å². The first kappa shape index (κ1) is 7.92. The van der Waals surface area contributed by atoms with Crippen LogP contribution in [0.1, 0.15) is 50.0 Å². The Hall–Kier alpha value is -1.41. The molecule has 0 aliphatic heterocycles. The van der Waals surface area contributed by atoms with Gasteiger partial charge in [0, 0.05) is 30.5 Å². The van der Waals surface area contributed by atoms with Crippen molar-refractivity contribution >= 4 is 13.3 Å². The van der Waals surface area contributed by atoms with Gasteiger partial charge in [-0.05, 0) is 36.9 Å². The fourth-order valence-electron chi connectivity index (χ4n) is 2.67. The van der Waals surface area contributed by atoms with Crippen LogP contribution in [0.3, 0.4) is 0 Å². The van der Waals surface area contributed by atoms with Crippen LogP contribution in [0, 0.1) is 13.8 Å². The van der Waals surface area contributed by atoms with Crippen molar-refractivity contribution in [3.63, 3.8) is 0 Å². The average Bonchev–Trinajstić information content (AvgIpc) is 2.57. The molecular weight excluding hydrogens is 282 g/mol.